The Morgan fingerprint density at radius 2 is 1.07 bits per heavy atom. The van der Waals surface area contributed by atoms with Gasteiger partial charge in [0.25, 0.3) is 0 Å². The predicted octanol–water partition coefficient (Wildman–Crippen LogP) is 0.0317. The third-order valence-electron chi connectivity index (χ3n) is 3.01. The zero-order valence-electron chi connectivity index (χ0n) is 16.8. The Kier molecular flexibility index (Phi) is 13.8. The average molecular weight is 451 g/mol. The van der Waals surface area contributed by atoms with Gasteiger partial charge in [-0.1, -0.05) is 23.5 Å². The van der Waals surface area contributed by atoms with Crippen molar-refractivity contribution >= 4 is 57.5 Å². The molecule has 0 fully saturated rings. The first kappa shape index (κ1) is 26.9. The third kappa shape index (κ3) is 12.9. The molecule has 29 heavy (non-hydrogen) atoms. The summed E-state index contributed by atoms with van der Waals surface area (Å²) in [5.41, 5.74) is 0. The van der Waals surface area contributed by atoms with Crippen LogP contribution in [0.25, 0.3) is 0 Å². The van der Waals surface area contributed by atoms with E-state index in [0.29, 0.717) is 0 Å². The highest BCUT2D eigenvalue weighted by Crippen LogP contribution is 2.15. The van der Waals surface area contributed by atoms with Gasteiger partial charge in [-0.25, -0.2) is 9.59 Å². The molecule has 0 rings (SSSR count). The van der Waals surface area contributed by atoms with E-state index in [1.165, 1.54) is 13.8 Å². The Labute approximate surface area is 177 Å². The van der Waals surface area contributed by atoms with Crippen molar-refractivity contribution in [1.82, 2.24) is 10.6 Å². The standard InChI is InChI=1S/C17H26N2O8S2/c1-5-26-16(24)12(18-10(3)20)8-28-14(22)7-15(23)29-9-13(19-11(4)21)17(25)27-6-2/h12-13H,5-9H2,1-4H3,(H,18,20)(H,19,21)/t12-,13-/m0/s1. The average Bonchev–Trinajstić information content (AvgIpc) is 2.61. The summed E-state index contributed by atoms with van der Waals surface area (Å²) in [5, 5.41) is 3.76. The SMILES string of the molecule is CCOC(=O)[C@H](CSC(=O)CC(=O)SC[C@H](NC(C)=O)C(=O)OCC)NC(C)=O. The van der Waals surface area contributed by atoms with Crippen molar-refractivity contribution in [3.8, 4) is 0 Å². The van der Waals surface area contributed by atoms with Crippen LogP contribution in [0, 0.1) is 0 Å². The molecule has 0 aliphatic heterocycles. The van der Waals surface area contributed by atoms with Crippen LogP contribution in [0.5, 0.6) is 0 Å². The molecule has 0 aromatic heterocycles. The van der Waals surface area contributed by atoms with Gasteiger partial charge in [0.1, 0.15) is 12.1 Å². The van der Waals surface area contributed by atoms with E-state index < -0.39 is 52.5 Å². The smallest absolute Gasteiger partial charge is 0.329 e. The summed E-state index contributed by atoms with van der Waals surface area (Å²) >= 11 is 1.44. The number of carbonyl (C=O) groups is 6. The maximum atomic E-state index is 12.0. The second-order valence-corrected chi connectivity index (χ2v) is 7.71. The van der Waals surface area contributed by atoms with Crippen molar-refractivity contribution in [1.29, 1.82) is 0 Å². The lowest BCUT2D eigenvalue weighted by molar-refractivity contribution is -0.146. The third-order valence-corrected chi connectivity index (χ3v) is 4.94. The summed E-state index contributed by atoms with van der Waals surface area (Å²) in [6.45, 7) is 5.93. The number of hydrogen-bond donors (Lipinski definition) is 2. The van der Waals surface area contributed by atoms with E-state index >= 15 is 0 Å². The fourth-order valence-electron chi connectivity index (χ4n) is 1.89. The Morgan fingerprint density at radius 1 is 0.724 bits per heavy atom. The topological polar surface area (TPSA) is 145 Å². The van der Waals surface area contributed by atoms with Crippen LogP contribution in [0.15, 0.2) is 0 Å². The molecule has 0 spiro atoms. The van der Waals surface area contributed by atoms with Crippen molar-refractivity contribution in [2.45, 2.75) is 46.2 Å². The van der Waals surface area contributed by atoms with Gasteiger partial charge in [0.2, 0.25) is 11.8 Å². The van der Waals surface area contributed by atoms with E-state index in [1.807, 2.05) is 0 Å². The van der Waals surface area contributed by atoms with Crippen molar-refractivity contribution in [2.24, 2.45) is 0 Å². The summed E-state index contributed by atoms with van der Waals surface area (Å²) in [6.07, 6.45) is -0.444. The minimum absolute atomic E-state index is 0.0768. The van der Waals surface area contributed by atoms with Crippen LogP contribution in [0.4, 0.5) is 0 Å². The molecular formula is C17H26N2O8S2. The Hall–Kier alpha value is -2.08. The highest BCUT2D eigenvalue weighted by atomic mass is 32.2. The van der Waals surface area contributed by atoms with Crippen molar-refractivity contribution < 1.29 is 38.2 Å². The molecule has 0 bridgehead atoms. The van der Waals surface area contributed by atoms with Crippen LogP contribution in [-0.2, 0) is 38.2 Å². The number of thioether (sulfide) groups is 2. The molecule has 0 heterocycles. The van der Waals surface area contributed by atoms with Gasteiger partial charge in [-0.2, -0.15) is 0 Å². The summed E-state index contributed by atoms with van der Waals surface area (Å²) in [4.78, 5) is 69.9. The van der Waals surface area contributed by atoms with Crippen LogP contribution >= 0.6 is 23.5 Å². The van der Waals surface area contributed by atoms with Gasteiger partial charge in [-0.05, 0) is 13.8 Å². The Morgan fingerprint density at radius 3 is 1.34 bits per heavy atom. The van der Waals surface area contributed by atoms with Crippen LogP contribution in [0.3, 0.4) is 0 Å². The minimum atomic E-state index is -1.00. The molecule has 0 aliphatic carbocycles. The first-order valence-corrected chi connectivity index (χ1v) is 10.8. The Balaban J connectivity index is 4.57. The van der Waals surface area contributed by atoms with Gasteiger partial charge in [0.15, 0.2) is 10.2 Å². The summed E-state index contributed by atoms with van der Waals surface area (Å²) in [7, 11) is 0. The molecule has 2 N–H and O–H groups in total. The van der Waals surface area contributed by atoms with Crippen LogP contribution in [0.1, 0.15) is 34.1 Å². The summed E-state index contributed by atoms with van der Waals surface area (Å²) in [5.74, 6) is -2.40. The monoisotopic (exact) mass is 450 g/mol. The summed E-state index contributed by atoms with van der Waals surface area (Å²) < 4.78 is 9.66. The van der Waals surface area contributed by atoms with Gasteiger partial charge in [-0.15, -0.1) is 0 Å². The molecule has 2 atom stereocenters. The van der Waals surface area contributed by atoms with E-state index in [0.717, 1.165) is 23.5 Å². The number of ether oxygens (including phenoxy) is 2. The largest absolute Gasteiger partial charge is 0.464 e. The molecule has 0 aromatic rings. The molecular weight excluding hydrogens is 424 g/mol. The lowest BCUT2D eigenvalue weighted by atomic mass is 10.3. The molecule has 12 heteroatoms. The number of nitrogens with one attached hydrogen (secondary N) is 2. The number of amides is 2. The fourth-order valence-corrected chi connectivity index (χ4v) is 3.59. The first-order valence-electron chi connectivity index (χ1n) is 8.79. The van der Waals surface area contributed by atoms with E-state index in [-0.39, 0.29) is 24.7 Å². The highest BCUT2D eigenvalue weighted by Gasteiger charge is 2.25. The molecule has 0 unspecified atom stereocenters. The van der Waals surface area contributed by atoms with Crippen molar-refractivity contribution in [2.75, 3.05) is 24.7 Å². The lowest BCUT2D eigenvalue weighted by Crippen LogP contribution is -2.43. The number of hydrogen-bond acceptors (Lipinski definition) is 10. The zero-order chi connectivity index (χ0) is 22.4. The Bertz CT molecular complexity index is 575. The van der Waals surface area contributed by atoms with Crippen LogP contribution in [0.2, 0.25) is 0 Å². The quantitative estimate of drug-likeness (QED) is 0.308. The van der Waals surface area contributed by atoms with Crippen LogP contribution < -0.4 is 10.6 Å². The minimum Gasteiger partial charge on any atom is -0.464 e. The van der Waals surface area contributed by atoms with E-state index in [9.17, 15) is 28.8 Å². The van der Waals surface area contributed by atoms with Gasteiger partial charge >= 0.3 is 11.9 Å². The van der Waals surface area contributed by atoms with Crippen molar-refractivity contribution in [3.63, 3.8) is 0 Å². The predicted molar refractivity (Wildman–Crippen MR) is 108 cm³/mol. The molecule has 0 saturated heterocycles. The zero-order valence-corrected chi connectivity index (χ0v) is 18.4. The second-order valence-electron chi connectivity index (χ2n) is 5.55. The van der Waals surface area contributed by atoms with Crippen LogP contribution in [-0.4, -0.2) is 70.8 Å². The van der Waals surface area contributed by atoms with Gasteiger partial charge < -0.3 is 20.1 Å². The maximum Gasteiger partial charge on any atom is 0.329 e. The first-order chi connectivity index (χ1) is 13.6. The molecule has 10 nitrogen and oxygen atoms in total. The lowest BCUT2D eigenvalue weighted by Gasteiger charge is -2.16. The maximum absolute atomic E-state index is 12.0. The molecule has 0 aromatic carbocycles. The van der Waals surface area contributed by atoms with E-state index in [2.05, 4.69) is 10.6 Å². The molecule has 164 valence electrons. The molecule has 0 radical (unpaired) electrons. The van der Waals surface area contributed by atoms with E-state index in [4.69, 9.17) is 9.47 Å². The second kappa shape index (κ2) is 14.9. The molecule has 0 aliphatic rings. The number of carbonyl (C=O) groups excluding carboxylic acids is 6. The molecule has 2 amide bonds. The van der Waals surface area contributed by atoms with Gasteiger partial charge in [0, 0.05) is 25.4 Å². The van der Waals surface area contributed by atoms with Gasteiger partial charge in [-0.3, -0.25) is 19.2 Å². The number of rotatable bonds is 12. The van der Waals surface area contributed by atoms with Crippen molar-refractivity contribution in [3.05, 3.63) is 0 Å². The normalized spacial score (nSPS) is 12.3. The number of esters is 2. The van der Waals surface area contributed by atoms with Gasteiger partial charge in [0.05, 0.1) is 19.6 Å². The fraction of sp³-hybridized carbons (Fsp3) is 0.647. The van der Waals surface area contributed by atoms with E-state index in [1.54, 1.807) is 13.8 Å². The summed E-state index contributed by atoms with van der Waals surface area (Å²) in [6, 6.07) is -2.01. The highest BCUT2D eigenvalue weighted by molar-refractivity contribution is 8.15. The molecule has 0 saturated carbocycles.